The largest absolute Gasteiger partial charge is 0.392 e. The van der Waals surface area contributed by atoms with Crippen molar-refractivity contribution in [1.29, 1.82) is 0 Å². The molecular weight excluding hydrogens is 112 g/mol. The van der Waals surface area contributed by atoms with E-state index in [2.05, 4.69) is 6.08 Å². The number of aliphatic hydroxyl groups excluding tert-OH is 1. The molecule has 1 aliphatic carbocycles. The minimum absolute atomic E-state index is 0.146. The Kier molecular flexibility index (Phi) is 2.28. The fourth-order valence-corrected chi connectivity index (χ4v) is 0.799. The summed E-state index contributed by atoms with van der Waals surface area (Å²) < 4.78 is 0. The Morgan fingerprint density at radius 2 is 2.44 bits per heavy atom. The third-order valence-electron chi connectivity index (χ3n) is 1.26. The zero-order chi connectivity index (χ0) is 6.53. The molecule has 9 heavy (non-hydrogen) atoms. The summed E-state index contributed by atoms with van der Waals surface area (Å²) in [5.41, 5.74) is 1.19. The summed E-state index contributed by atoms with van der Waals surface area (Å²) in [5, 5.41) is 8.48. The lowest BCUT2D eigenvalue weighted by atomic mass is 10.1. The fourth-order valence-electron chi connectivity index (χ4n) is 0.799. The van der Waals surface area contributed by atoms with E-state index in [0.717, 1.165) is 6.42 Å². The van der Waals surface area contributed by atoms with Gasteiger partial charge in [0.15, 0.2) is 0 Å². The highest BCUT2D eigenvalue weighted by Crippen LogP contribution is 2.08. The lowest BCUT2D eigenvalue weighted by Crippen LogP contribution is -1.82. The third-order valence-corrected chi connectivity index (χ3v) is 1.26. The summed E-state index contributed by atoms with van der Waals surface area (Å²) in [6.07, 6.45) is 10.8. The minimum atomic E-state index is 0.146. The first-order valence-corrected chi connectivity index (χ1v) is 3.06. The van der Waals surface area contributed by atoms with Crippen LogP contribution in [0.1, 0.15) is 6.42 Å². The van der Waals surface area contributed by atoms with Crippen LogP contribution in [0.4, 0.5) is 0 Å². The van der Waals surface area contributed by atoms with Crippen LogP contribution in [0.5, 0.6) is 0 Å². The van der Waals surface area contributed by atoms with Gasteiger partial charge in [-0.3, -0.25) is 0 Å². The monoisotopic (exact) mass is 122 g/mol. The Morgan fingerprint density at radius 3 is 3.00 bits per heavy atom. The maximum Gasteiger partial charge on any atom is 0.0618 e. The lowest BCUT2D eigenvalue weighted by Gasteiger charge is -1.98. The van der Waals surface area contributed by atoms with Crippen molar-refractivity contribution in [3.8, 4) is 0 Å². The van der Waals surface area contributed by atoms with Crippen molar-refractivity contribution >= 4 is 0 Å². The second kappa shape index (κ2) is 3.25. The van der Waals surface area contributed by atoms with Crippen molar-refractivity contribution in [3.63, 3.8) is 0 Å². The zero-order valence-electron chi connectivity index (χ0n) is 5.25. The molecule has 0 aromatic rings. The first kappa shape index (κ1) is 6.30. The van der Waals surface area contributed by atoms with Gasteiger partial charge in [0.1, 0.15) is 0 Å². The van der Waals surface area contributed by atoms with E-state index in [-0.39, 0.29) is 6.61 Å². The maximum atomic E-state index is 8.48. The second-order valence-corrected chi connectivity index (χ2v) is 1.95. The predicted molar refractivity (Wildman–Crippen MR) is 38.1 cm³/mol. The van der Waals surface area contributed by atoms with Gasteiger partial charge in [-0.2, -0.15) is 0 Å². The molecule has 0 aromatic carbocycles. The van der Waals surface area contributed by atoms with E-state index in [1.807, 2.05) is 24.3 Å². The molecule has 0 aliphatic heterocycles. The molecular formula is C8H10O. The predicted octanol–water partition coefficient (Wildman–Crippen LogP) is 1.42. The van der Waals surface area contributed by atoms with Crippen LogP contribution in [-0.2, 0) is 0 Å². The molecule has 48 valence electrons. The second-order valence-electron chi connectivity index (χ2n) is 1.95. The van der Waals surface area contributed by atoms with Gasteiger partial charge in [0, 0.05) is 0 Å². The standard InChI is InChI=1S/C8H10O/c9-7-6-8-4-2-1-3-5-8/h1-4,6,9H,5,7H2/b8-6+. The molecule has 0 radical (unpaired) electrons. The normalized spacial score (nSPS) is 21.2. The Labute approximate surface area is 55.0 Å². The molecule has 1 heteroatoms. The van der Waals surface area contributed by atoms with Crippen LogP contribution in [-0.4, -0.2) is 11.7 Å². The van der Waals surface area contributed by atoms with Crippen LogP contribution in [0.15, 0.2) is 36.0 Å². The number of aliphatic hydroxyl groups is 1. The SMILES string of the molecule is OC/C=C1\C=CC=CC1. The summed E-state index contributed by atoms with van der Waals surface area (Å²) in [4.78, 5) is 0. The smallest absolute Gasteiger partial charge is 0.0618 e. The molecule has 1 rings (SSSR count). The van der Waals surface area contributed by atoms with E-state index in [1.165, 1.54) is 5.57 Å². The average molecular weight is 122 g/mol. The lowest BCUT2D eigenvalue weighted by molar-refractivity contribution is 0.342. The molecule has 0 spiro atoms. The molecule has 0 unspecified atom stereocenters. The molecule has 0 saturated heterocycles. The summed E-state index contributed by atoms with van der Waals surface area (Å²) in [6, 6.07) is 0. The summed E-state index contributed by atoms with van der Waals surface area (Å²) in [7, 11) is 0. The summed E-state index contributed by atoms with van der Waals surface area (Å²) >= 11 is 0. The van der Waals surface area contributed by atoms with Crippen LogP contribution in [0, 0.1) is 0 Å². The first-order valence-electron chi connectivity index (χ1n) is 3.06. The van der Waals surface area contributed by atoms with Gasteiger partial charge in [0.05, 0.1) is 6.61 Å². The van der Waals surface area contributed by atoms with Crippen molar-refractivity contribution in [2.75, 3.05) is 6.61 Å². The zero-order valence-corrected chi connectivity index (χ0v) is 5.25. The molecule has 1 N–H and O–H groups in total. The molecule has 0 fully saturated rings. The molecule has 1 aliphatic rings. The van der Waals surface area contributed by atoms with Crippen LogP contribution in [0.2, 0.25) is 0 Å². The van der Waals surface area contributed by atoms with Crippen molar-refractivity contribution in [1.82, 2.24) is 0 Å². The van der Waals surface area contributed by atoms with Crippen LogP contribution < -0.4 is 0 Å². The van der Waals surface area contributed by atoms with Gasteiger partial charge in [0.2, 0.25) is 0 Å². The van der Waals surface area contributed by atoms with E-state index >= 15 is 0 Å². The average Bonchev–Trinajstić information content (AvgIpc) is 1.91. The van der Waals surface area contributed by atoms with E-state index in [1.54, 1.807) is 0 Å². The fraction of sp³-hybridized carbons (Fsp3) is 0.250. The number of hydrogen-bond acceptors (Lipinski definition) is 1. The van der Waals surface area contributed by atoms with Gasteiger partial charge >= 0.3 is 0 Å². The van der Waals surface area contributed by atoms with Crippen molar-refractivity contribution < 1.29 is 5.11 Å². The number of hydrogen-bond donors (Lipinski definition) is 1. The highest BCUT2D eigenvalue weighted by molar-refractivity contribution is 5.29. The highest BCUT2D eigenvalue weighted by Gasteiger charge is 1.89. The Balaban J connectivity index is 2.55. The van der Waals surface area contributed by atoms with Gasteiger partial charge in [-0.1, -0.05) is 30.4 Å². The van der Waals surface area contributed by atoms with Gasteiger partial charge in [-0.05, 0) is 12.0 Å². The van der Waals surface area contributed by atoms with Crippen LogP contribution >= 0.6 is 0 Å². The Hall–Kier alpha value is -0.820. The molecule has 0 saturated carbocycles. The van der Waals surface area contributed by atoms with Gasteiger partial charge in [-0.25, -0.2) is 0 Å². The van der Waals surface area contributed by atoms with Crippen molar-refractivity contribution in [2.24, 2.45) is 0 Å². The van der Waals surface area contributed by atoms with E-state index in [0.29, 0.717) is 0 Å². The first-order chi connectivity index (χ1) is 4.43. The molecule has 0 bridgehead atoms. The summed E-state index contributed by atoms with van der Waals surface area (Å²) in [6.45, 7) is 0.146. The molecule has 0 aromatic heterocycles. The highest BCUT2D eigenvalue weighted by atomic mass is 16.2. The quantitative estimate of drug-likeness (QED) is 0.557. The van der Waals surface area contributed by atoms with Crippen LogP contribution in [0.25, 0.3) is 0 Å². The van der Waals surface area contributed by atoms with Crippen molar-refractivity contribution in [3.05, 3.63) is 36.0 Å². The van der Waals surface area contributed by atoms with E-state index < -0.39 is 0 Å². The molecule has 1 nitrogen and oxygen atoms in total. The van der Waals surface area contributed by atoms with Crippen LogP contribution in [0.3, 0.4) is 0 Å². The van der Waals surface area contributed by atoms with Gasteiger partial charge in [-0.15, -0.1) is 0 Å². The molecule has 0 heterocycles. The minimum Gasteiger partial charge on any atom is -0.392 e. The topological polar surface area (TPSA) is 20.2 Å². The third kappa shape index (κ3) is 1.86. The van der Waals surface area contributed by atoms with E-state index in [9.17, 15) is 0 Å². The maximum absolute atomic E-state index is 8.48. The Bertz CT molecular complexity index is 163. The van der Waals surface area contributed by atoms with E-state index in [4.69, 9.17) is 5.11 Å². The number of allylic oxidation sites excluding steroid dienone is 5. The molecule has 0 amide bonds. The Morgan fingerprint density at radius 1 is 1.56 bits per heavy atom. The van der Waals surface area contributed by atoms with Gasteiger partial charge in [0.25, 0.3) is 0 Å². The summed E-state index contributed by atoms with van der Waals surface area (Å²) in [5.74, 6) is 0. The molecule has 0 atom stereocenters. The van der Waals surface area contributed by atoms with Gasteiger partial charge < -0.3 is 5.11 Å². The van der Waals surface area contributed by atoms with Crippen molar-refractivity contribution in [2.45, 2.75) is 6.42 Å². The number of rotatable bonds is 1.